The highest BCUT2D eigenvalue weighted by atomic mass is 16.5. The van der Waals surface area contributed by atoms with Crippen LogP contribution in [0, 0.1) is 0 Å². The van der Waals surface area contributed by atoms with Crippen molar-refractivity contribution >= 4 is 12.4 Å². The van der Waals surface area contributed by atoms with E-state index in [1.807, 2.05) is 62.0 Å². The molecule has 152 valence electrons. The lowest BCUT2D eigenvalue weighted by atomic mass is 10.1. The molecule has 1 aliphatic rings. The van der Waals surface area contributed by atoms with E-state index in [2.05, 4.69) is 20.5 Å². The monoisotopic (exact) mass is 386 g/mol. The van der Waals surface area contributed by atoms with Gasteiger partial charge in [-0.2, -0.15) is 5.10 Å². The van der Waals surface area contributed by atoms with Crippen LogP contribution in [0.3, 0.4) is 0 Å². The Hall–Kier alpha value is -2.67. The van der Waals surface area contributed by atoms with E-state index in [9.17, 15) is 9.59 Å². The topological polar surface area (TPSA) is 85.3 Å². The van der Waals surface area contributed by atoms with E-state index in [1.165, 1.54) is 0 Å². The van der Waals surface area contributed by atoms with Gasteiger partial charge in [0.25, 0.3) is 12.4 Å². The van der Waals surface area contributed by atoms with Crippen molar-refractivity contribution in [2.45, 2.75) is 51.8 Å². The van der Waals surface area contributed by atoms with Crippen LogP contribution in [0.15, 0.2) is 42.7 Å². The summed E-state index contributed by atoms with van der Waals surface area (Å²) in [5.74, 6) is 0.00865. The molecule has 1 amide bonds. The van der Waals surface area contributed by atoms with Crippen molar-refractivity contribution in [3.8, 4) is 0 Å². The number of nitrogens with zero attached hydrogens (tertiary/aromatic N) is 2. The van der Waals surface area contributed by atoms with Crippen LogP contribution in [0.25, 0.3) is 0 Å². The first-order chi connectivity index (χ1) is 13.4. The number of hydrogen-bond acceptors (Lipinski definition) is 5. The van der Waals surface area contributed by atoms with Crippen molar-refractivity contribution in [3.05, 3.63) is 53.9 Å². The molecule has 7 heteroatoms. The molecule has 1 fully saturated rings. The maximum atomic E-state index is 12.2. The maximum Gasteiger partial charge on any atom is 0.293 e. The zero-order valence-electron chi connectivity index (χ0n) is 16.9. The fraction of sp³-hybridized carbons (Fsp3) is 0.476. The van der Waals surface area contributed by atoms with Crippen molar-refractivity contribution in [1.29, 1.82) is 0 Å². The Labute approximate surface area is 166 Å². The molecule has 1 unspecified atom stereocenters. The highest BCUT2D eigenvalue weighted by molar-refractivity contribution is 5.94. The van der Waals surface area contributed by atoms with E-state index in [1.54, 1.807) is 6.20 Å². The van der Waals surface area contributed by atoms with Gasteiger partial charge < -0.3 is 15.4 Å². The molecule has 2 aromatic rings. The van der Waals surface area contributed by atoms with Gasteiger partial charge in [-0.05, 0) is 63.9 Å². The molecule has 0 bridgehead atoms. The smallest absolute Gasteiger partial charge is 0.293 e. The molecule has 0 spiro atoms. The van der Waals surface area contributed by atoms with Crippen LogP contribution < -0.4 is 10.6 Å². The molecule has 7 nitrogen and oxygen atoms in total. The lowest BCUT2D eigenvalue weighted by Gasteiger charge is -2.23. The number of ether oxygens (including phenoxy) is 1. The second kappa shape index (κ2) is 10.6. The Morgan fingerprint density at radius 3 is 2.61 bits per heavy atom. The van der Waals surface area contributed by atoms with Gasteiger partial charge >= 0.3 is 0 Å². The third-order valence-corrected chi connectivity index (χ3v) is 4.15. The third-order valence-electron chi connectivity index (χ3n) is 4.15. The SMILES string of the molecule is CC(C)(C)OC=O.O=C(NC1CCCNC1)c1ccc(Cn2cccn2)cc1. The normalized spacial score (nSPS) is 16.5. The minimum absolute atomic E-state index is 0.00865. The van der Waals surface area contributed by atoms with Crippen LogP contribution >= 0.6 is 0 Å². The van der Waals surface area contributed by atoms with Crippen molar-refractivity contribution in [2.75, 3.05) is 13.1 Å². The molecular formula is C21H30N4O3. The van der Waals surface area contributed by atoms with Gasteiger partial charge in [-0.15, -0.1) is 0 Å². The van der Waals surface area contributed by atoms with E-state index >= 15 is 0 Å². The second-order valence-corrected chi connectivity index (χ2v) is 7.74. The summed E-state index contributed by atoms with van der Waals surface area (Å²) in [5.41, 5.74) is 1.53. The van der Waals surface area contributed by atoms with Gasteiger partial charge in [0.1, 0.15) is 5.60 Å². The van der Waals surface area contributed by atoms with Crippen LogP contribution in [0.1, 0.15) is 49.5 Å². The summed E-state index contributed by atoms with van der Waals surface area (Å²) in [6.45, 7) is 8.56. The van der Waals surface area contributed by atoms with Gasteiger partial charge in [0, 0.05) is 30.5 Å². The molecule has 0 radical (unpaired) electrons. The summed E-state index contributed by atoms with van der Waals surface area (Å²) in [7, 11) is 0. The Balaban J connectivity index is 0.000000345. The van der Waals surface area contributed by atoms with Crippen molar-refractivity contribution in [3.63, 3.8) is 0 Å². The fourth-order valence-electron chi connectivity index (χ4n) is 2.73. The van der Waals surface area contributed by atoms with Crippen LogP contribution in [0.2, 0.25) is 0 Å². The Morgan fingerprint density at radius 2 is 2.11 bits per heavy atom. The summed E-state index contributed by atoms with van der Waals surface area (Å²) in [6.07, 6.45) is 5.86. The van der Waals surface area contributed by atoms with Crippen molar-refractivity contribution < 1.29 is 14.3 Å². The van der Waals surface area contributed by atoms with Crippen LogP contribution in [0.5, 0.6) is 0 Å². The number of carbonyl (C=O) groups is 2. The molecule has 2 heterocycles. The van der Waals surface area contributed by atoms with Gasteiger partial charge in [0.15, 0.2) is 0 Å². The Kier molecular flexibility index (Phi) is 8.19. The molecule has 28 heavy (non-hydrogen) atoms. The first kappa shape index (κ1) is 21.6. The summed E-state index contributed by atoms with van der Waals surface area (Å²) in [5, 5.41) is 10.6. The van der Waals surface area contributed by atoms with Crippen LogP contribution in [-0.4, -0.2) is 46.9 Å². The molecule has 1 aromatic heterocycles. The number of aromatic nitrogens is 2. The number of nitrogens with one attached hydrogen (secondary N) is 2. The zero-order valence-corrected chi connectivity index (χ0v) is 16.9. The van der Waals surface area contributed by atoms with E-state index in [0.29, 0.717) is 12.0 Å². The second-order valence-electron chi connectivity index (χ2n) is 7.74. The minimum atomic E-state index is -0.318. The molecule has 2 N–H and O–H groups in total. The Bertz CT molecular complexity index is 715. The number of hydrogen-bond donors (Lipinski definition) is 2. The van der Waals surface area contributed by atoms with Gasteiger partial charge in [0.05, 0.1) is 6.54 Å². The van der Waals surface area contributed by atoms with E-state index < -0.39 is 0 Å². The van der Waals surface area contributed by atoms with Gasteiger partial charge in [-0.25, -0.2) is 0 Å². The standard InChI is InChI=1S/C16H20N4O.C5H10O2/c21-16(19-15-3-1-8-17-11-15)14-6-4-13(5-7-14)12-20-10-2-9-18-20;1-5(2,3)7-4-6/h2,4-7,9-10,15,17H,1,3,8,11-12H2,(H,19,21);4H,1-3H3. The van der Waals surface area contributed by atoms with Gasteiger partial charge in [-0.1, -0.05) is 12.1 Å². The average Bonchev–Trinajstić information content (AvgIpc) is 3.16. The summed E-state index contributed by atoms with van der Waals surface area (Å²) in [4.78, 5) is 21.8. The zero-order chi connectivity index (χ0) is 20.4. The highest BCUT2D eigenvalue weighted by Crippen LogP contribution is 2.08. The highest BCUT2D eigenvalue weighted by Gasteiger charge is 2.16. The number of benzene rings is 1. The first-order valence-electron chi connectivity index (χ1n) is 9.57. The molecule has 0 aliphatic carbocycles. The van der Waals surface area contributed by atoms with Crippen molar-refractivity contribution in [1.82, 2.24) is 20.4 Å². The lowest BCUT2D eigenvalue weighted by Crippen LogP contribution is -2.45. The lowest BCUT2D eigenvalue weighted by molar-refractivity contribution is -0.138. The molecule has 1 atom stereocenters. The summed E-state index contributed by atoms with van der Waals surface area (Å²) < 4.78 is 6.41. The predicted molar refractivity (Wildman–Crippen MR) is 108 cm³/mol. The molecular weight excluding hydrogens is 356 g/mol. The molecule has 3 rings (SSSR count). The van der Waals surface area contributed by atoms with E-state index in [-0.39, 0.29) is 17.6 Å². The number of piperidine rings is 1. The largest absolute Gasteiger partial charge is 0.462 e. The molecule has 1 aliphatic heterocycles. The fourth-order valence-corrected chi connectivity index (χ4v) is 2.73. The number of amides is 1. The molecule has 1 aromatic carbocycles. The molecule has 1 saturated heterocycles. The summed E-state index contributed by atoms with van der Waals surface area (Å²) in [6, 6.07) is 9.87. The van der Waals surface area contributed by atoms with Crippen molar-refractivity contribution in [2.24, 2.45) is 0 Å². The number of rotatable bonds is 5. The first-order valence-corrected chi connectivity index (χ1v) is 9.57. The third kappa shape index (κ3) is 7.92. The minimum Gasteiger partial charge on any atom is -0.462 e. The van der Waals surface area contributed by atoms with E-state index in [0.717, 1.165) is 38.0 Å². The van der Waals surface area contributed by atoms with Crippen LogP contribution in [0.4, 0.5) is 0 Å². The maximum absolute atomic E-state index is 12.2. The molecule has 0 saturated carbocycles. The quantitative estimate of drug-likeness (QED) is 0.771. The van der Waals surface area contributed by atoms with E-state index in [4.69, 9.17) is 0 Å². The average molecular weight is 386 g/mol. The number of carbonyl (C=O) groups excluding carboxylic acids is 2. The summed E-state index contributed by atoms with van der Waals surface area (Å²) >= 11 is 0. The predicted octanol–water partition coefficient (Wildman–Crippen LogP) is 2.37. The van der Waals surface area contributed by atoms with Gasteiger partial charge in [0.2, 0.25) is 0 Å². The van der Waals surface area contributed by atoms with Gasteiger partial charge in [-0.3, -0.25) is 14.3 Å². The van der Waals surface area contributed by atoms with Crippen LogP contribution in [-0.2, 0) is 16.1 Å². The Morgan fingerprint density at radius 1 is 1.36 bits per heavy atom.